The van der Waals surface area contributed by atoms with E-state index in [1.54, 1.807) is 41.3 Å². The van der Waals surface area contributed by atoms with E-state index < -0.39 is 0 Å². The summed E-state index contributed by atoms with van der Waals surface area (Å²) in [7, 11) is 0. The molecule has 0 saturated heterocycles. The van der Waals surface area contributed by atoms with Crippen LogP contribution in [0.1, 0.15) is 36.0 Å². The smallest absolute Gasteiger partial charge is 0.255 e. The van der Waals surface area contributed by atoms with Crippen molar-refractivity contribution in [2.45, 2.75) is 31.8 Å². The zero-order valence-electron chi connectivity index (χ0n) is 14.3. The average Bonchev–Trinajstić information content (AvgIpc) is 3.37. The summed E-state index contributed by atoms with van der Waals surface area (Å²) in [6.07, 6.45) is 10.1. The van der Waals surface area contributed by atoms with Crippen molar-refractivity contribution in [3.05, 3.63) is 66.6 Å². The van der Waals surface area contributed by atoms with Gasteiger partial charge in [0.15, 0.2) is 5.82 Å². The van der Waals surface area contributed by atoms with Crippen molar-refractivity contribution >= 4 is 11.6 Å². The van der Waals surface area contributed by atoms with Gasteiger partial charge in [-0.25, -0.2) is 9.67 Å². The van der Waals surface area contributed by atoms with E-state index in [0.29, 0.717) is 23.2 Å². The van der Waals surface area contributed by atoms with Crippen molar-refractivity contribution in [2.24, 2.45) is 0 Å². The van der Waals surface area contributed by atoms with Crippen LogP contribution in [-0.4, -0.2) is 26.8 Å². The highest BCUT2D eigenvalue weighted by molar-refractivity contribution is 6.04. The number of nitrogens with one attached hydrogen (secondary N) is 1. The molecule has 1 fully saturated rings. The highest BCUT2D eigenvalue weighted by Gasteiger charge is 2.16. The van der Waals surface area contributed by atoms with Crippen LogP contribution >= 0.6 is 0 Å². The second kappa shape index (κ2) is 7.39. The van der Waals surface area contributed by atoms with Crippen LogP contribution in [0.15, 0.2) is 61.1 Å². The molecule has 0 radical (unpaired) electrons. The highest BCUT2D eigenvalue weighted by atomic mass is 16.5. The van der Waals surface area contributed by atoms with Gasteiger partial charge in [0, 0.05) is 18.0 Å². The zero-order chi connectivity index (χ0) is 17.8. The number of amides is 1. The minimum absolute atomic E-state index is 0.175. The molecule has 6 nitrogen and oxygen atoms in total. The van der Waals surface area contributed by atoms with E-state index in [1.165, 1.54) is 12.8 Å². The SMILES string of the molecule is O=C(Nc1ccc(-n2cccn2)nc1)c1ccc(OC2CCCC2)cc1. The number of pyridine rings is 1. The Bertz CT molecular complexity index is 852. The van der Waals surface area contributed by atoms with Crippen molar-refractivity contribution in [3.8, 4) is 11.6 Å². The van der Waals surface area contributed by atoms with Gasteiger partial charge in [0.2, 0.25) is 0 Å². The number of nitrogens with zero attached hydrogens (tertiary/aromatic N) is 3. The second-order valence-electron chi connectivity index (χ2n) is 6.36. The molecular weight excluding hydrogens is 328 g/mol. The van der Waals surface area contributed by atoms with Gasteiger partial charge in [-0.3, -0.25) is 4.79 Å². The molecule has 0 spiro atoms. The molecule has 0 atom stereocenters. The van der Waals surface area contributed by atoms with Crippen molar-refractivity contribution < 1.29 is 9.53 Å². The maximum absolute atomic E-state index is 12.4. The third-order valence-corrected chi connectivity index (χ3v) is 4.47. The van der Waals surface area contributed by atoms with Crippen LogP contribution in [0.4, 0.5) is 5.69 Å². The summed E-state index contributed by atoms with van der Waals surface area (Å²) in [5, 5.41) is 6.98. The Morgan fingerprint density at radius 2 is 1.92 bits per heavy atom. The Balaban J connectivity index is 1.38. The molecule has 1 aliphatic carbocycles. The molecular formula is C20H20N4O2. The second-order valence-corrected chi connectivity index (χ2v) is 6.36. The average molecular weight is 348 g/mol. The number of aromatic nitrogens is 3. The molecule has 0 bridgehead atoms. The number of anilines is 1. The molecule has 1 N–H and O–H groups in total. The minimum Gasteiger partial charge on any atom is -0.490 e. The Hall–Kier alpha value is -3.15. The summed E-state index contributed by atoms with van der Waals surface area (Å²) in [4.78, 5) is 16.7. The van der Waals surface area contributed by atoms with Crippen LogP contribution in [0.5, 0.6) is 5.75 Å². The fraction of sp³-hybridized carbons (Fsp3) is 0.250. The standard InChI is InChI=1S/C20H20N4O2/c25-20(15-6-9-18(10-7-15)26-17-4-1-2-5-17)23-16-8-11-19(21-14-16)24-13-3-12-22-24/h3,6-14,17H,1-2,4-5H2,(H,23,25). The first kappa shape index (κ1) is 16.3. The van der Waals surface area contributed by atoms with Crippen LogP contribution in [0.2, 0.25) is 0 Å². The number of rotatable bonds is 5. The van der Waals surface area contributed by atoms with Gasteiger partial charge in [0.05, 0.1) is 18.0 Å². The van der Waals surface area contributed by atoms with E-state index in [4.69, 9.17) is 4.74 Å². The number of hydrogen-bond donors (Lipinski definition) is 1. The summed E-state index contributed by atoms with van der Waals surface area (Å²) in [5.74, 6) is 1.34. The number of benzene rings is 1. The normalized spacial score (nSPS) is 14.3. The molecule has 0 unspecified atom stereocenters. The van der Waals surface area contributed by atoms with E-state index in [-0.39, 0.29) is 5.91 Å². The van der Waals surface area contributed by atoms with E-state index in [9.17, 15) is 4.79 Å². The summed E-state index contributed by atoms with van der Waals surface area (Å²) >= 11 is 0. The largest absolute Gasteiger partial charge is 0.490 e. The van der Waals surface area contributed by atoms with Crippen molar-refractivity contribution in [1.29, 1.82) is 0 Å². The number of ether oxygens (including phenoxy) is 1. The first-order valence-electron chi connectivity index (χ1n) is 8.82. The molecule has 3 aromatic rings. The minimum atomic E-state index is -0.175. The Kier molecular flexibility index (Phi) is 4.64. The number of carbonyl (C=O) groups excluding carboxylic acids is 1. The molecule has 2 heterocycles. The van der Waals surface area contributed by atoms with Gasteiger partial charge in [-0.05, 0) is 68.1 Å². The van der Waals surface area contributed by atoms with Gasteiger partial charge >= 0.3 is 0 Å². The maximum atomic E-state index is 12.4. The van der Waals surface area contributed by atoms with Gasteiger partial charge in [-0.15, -0.1) is 0 Å². The fourth-order valence-electron chi connectivity index (χ4n) is 3.09. The molecule has 0 aliphatic heterocycles. The predicted octanol–water partition coefficient (Wildman–Crippen LogP) is 3.84. The van der Waals surface area contributed by atoms with Crippen molar-refractivity contribution in [2.75, 3.05) is 5.32 Å². The topological polar surface area (TPSA) is 69.0 Å². The number of hydrogen-bond acceptors (Lipinski definition) is 4. The molecule has 6 heteroatoms. The van der Waals surface area contributed by atoms with Gasteiger partial charge in [-0.1, -0.05) is 0 Å². The fourth-order valence-corrected chi connectivity index (χ4v) is 3.09. The van der Waals surface area contributed by atoms with Gasteiger partial charge in [-0.2, -0.15) is 5.10 Å². The lowest BCUT2D eigenvalue weighted by atomic mass is 10.2. The summed E-state index contributed by atoms with van der Waals surface area (Å²) < 4.78 is 7.59. The van der Waals surface area contributed by atoms with Crippen LogP contribution in [0.25, 0.3) is 5.82 Å². The first-order valence-corrected chi connectivity index (χ1v) is 8.82. The highest BCUT2D eigenvalue weighted by Crippen LogP contribution is 2.24. The Morgan fingerprint density at radius 1 is 1.12 bits per heavy atom. The maximum Gasteiger partial charge on any atom is 0.255 e. The van der Waals surface area contributed by atoms with E-state index in [2.05, 4.69) is 15.4 Å². The predicted molar refractivity (Wildman–Crippen MR) is 98.6 cm³/mol. The Morgan fingerprint density at radius 3 is 2.58 bits per heavy atom. The Labute approximate surface area is 151 Å². The van der Waals surface area contributed by atoms with Crippen LogP contribution in [0.3, 0.4) is 0 Å². The van der Waals surface area contributed by atoms with Crippen molar-refractivity contribution in [3.63, 3.8) is 0 Å². The van der Waals surface area contributed by atoms with Gasteiger partial charge < -0.3 is 10.1 Å². The lowest BCUT2D eigenvalue weighted by molar-refractivity contribution is 0.102. The third kappa shape index (κ3) is 3.74. The van der Waals surface area contributed by atoms with Gasteiger partial charge in [0.25, 0.3) is 5.91 Å². The third-order valence-electron chi connectivity index (χ3n) is 4.47. The first-order chi connectivity index (χ1) is 12.8. The van der Waals surface area contributed by atoms with Gasteiger partial charge in [0.1, 0.15) is 5.75 Å². The summed E-state index contributed by atoms with van der Waals surface area (Å²) in [6, 6.07) is 12.7. The number of carbonyl (C=O) groups is 1. The molecule has 132 valence electrons. The van der Waals surface area contributed by atoms with E-state index >= 15 is 0 Å². The summed E-state index contributed by atoms with van der Waals surface area (Å²) in [6.45, 7) is 0. The molecule has 4 rings (SSSR count). The van der Waals surface area contributed by atoms with Crippen LogP contribution in [0, 0.1) is 0 Å². The zero-order valence-corrected chi connectivity index (χ0v) is 14.3. The molecule has 1 aliphatic rings. The van der Waals surface area contributed by atoms with Crippen molar-refractivity contribution in [1.82, 2.24) is 14.8 Å². The van der Waals surface area contributed by atoms with E-state index in [1.807, 2.05) is 24.4 Å². The molecule has 1 saturated carbocycles. The molecule has 2 aromatic heterocycles. The van der Waals surface area contributed by atoms with Crippen LogP contribution < -0.4 is 10.1 Å². The summed E-state index contributed by atoms with van der Waals surface area (Å²) in [5.41, 5.74) is 1.22. The lowest BCUT2D eigenvalue weighted by Gasteiger charge is -2.13. The van der Waals surface area contributed by atoms with Crippen LogP contribution in [-0.2, 0) is 0 Å². The quantitative estimate of drug-likeness (QED) is 0.760. The van der Waals surface area contributed by atoms with E-state index in [0.717, 1.165) is 18.6 Å². The molecule has 26 heavy (non-hydrogen) atoms. The molecule has 1 amide bonds. The molecule has 1 aromatic carbocycles. The monoisotopic (exact) mass is 348 g/mol. The lowest BCUT2D eigenvalue weighted by Crippen LogP contribution is -2.13.